The van der Waals surface area contributed by atoms with Crippen molar-refractivity contribution in [2.75, 3.05) is 17.7 Å². The molecular weight excluding hydrogens is 388 g/mol. The van der Waals surface area contributed by atoms with Gasteiger partial charge in [-0.2, -0.15) is 0 Å². The normalized spacial score (nSPS) is 19.7. The highest BCUT2D eigenvalue weighted by Crippen LogP contribution is 2.49. The van der Waals surface area contributed by atoms with Gasteiger partial charge in [0.15, 0.2) is 5.78 Å². The van der Waals surface area contributed by atoms with Crippen molar-refractivity contribution in [1.29, 1.82) is 0 Å². The van der Waals surface area contributed by atoms with Crippen LogP contribution in [0, 0.1) is 5.41 Å². The van der Waals surface area contributed by atoms with Crippen LogP contribution in [-0.2, 0) is 4.79 Å². The third-order valence-corrected chi connectivity index (χ3v) is 6.27. The van der Waals surface area contributed by atoms with E-state index in [1.165, 1.54) is 0 Å². The molecule has 1 aliphatic carbocycles. The van der Waals surface area contributed by atoms with E-state index >= 15 is 0 Å². The number of Topliss-reactive ketones (excluding diaryl/α,β-unsaturated/α-hetero) is 1. The minimum absolute atomic E-state index is 0.110. The van der Waals surface area contributed by atoms with E-state index in [-0.39, 0.29) is 16.9 Å². The van der Waals surface area contributed by atoms with Gasteiger partial charge in [0.25, 0.3) is 0 Å². The number of ketones is 1. The largest absolute Gasteiger partial charge is 0.506 e. The number of phenols is 1. The van der Waals surface area contributed by atoms with Crippen LogP contribution in [0.1, 0.15) is 38.3 Å². The Hall–Kier alpha value is -3.47. The third-order valence-electron chi connectivity index (χ3n) is 6.27. The maximum atomic E-state index is 13.5. The highest BCUT2D eigenvalue weighted by molar-refractivity contribution is 6.03. The molecule has 1 aliphatic heterocycles. The van der Waals surface area contributed by atoms with Gasteiger partial charge in [-0.05, 0) is 40.8 Å². The number of fused-ring (bicyclic) bond motifs is 2. The highest BCUT2D eigenvalue weighted by atomic mass is 16.5. The van der Waals surface area contributed by atoms with E-state index in [1.807, 2.05) is 30.3 Å². The lowest BCUT2D eigenvalue weighted by Gasteiger charge is -2.34. The molecule has 0 amide bonds. The van der Waals surface area contributed by atoms with Crippen LogP contribution in [0.5, 0.6) is 11.5 Å². The molecule has 0 bridgehead atoms. The second kappa shape index (κ2) is 7.05. The van der Waals surface area contributed by atoms with E-state index in [0.29, 0.717) is 24.1 Å². The molecule has 5 rings (SSSR count). The fourth-order valence-corrected chi connectivity index (χ4v) is 4.92. The molecule has 0 spiro atoms. The van der Waals surface area contributed by atoms with E-state index in [9.17, 15) is 9.90 Å². The van der Waals surface area contributed by atoms with Gasteiger partial charge in [0.2, 0.25) is 0 Å². The minimum Gasteiger partial charge on any atom is -0.506 e. The van der Waals surface area contributed by atoms with Crippen molar-refractivity contribution in [2.24, 2.45) is 5.41 Å². The highest BCUT2D eigenvalue weighted by Gasteiger charge is 2.40. The number of phenolic OH excluding ortho intramolecular Hbond substituents is 1. The van der Waals surface area contributed by atoms with Crippen LogP contribution in [0.25, 0.3) is 10.8 Å². The first-order valence-corrected chi connectivity index (χ1v) is 10.6. The second-order valence-corrected chi connectivity index (χ2v) is 9.14. The number of rotatable bonds is 2. The monoisotopic (exact) mass is 414 g/mol. The van der Waals surface area contributed by atoms with Crippen LogP contribution in [-0.4, -0.2) is 18.0 Å². The summed E-state index contributed by atoms with van der Waals surface area (Å²) in [7, 11) is 1.66. The first-order chi connectivity index (χ1) is 14.9. The lowest BCUT2D eigenvalue weighted by molar-refractivity contribution is -0.118. The number of benzene rings is 3. The first kappa shape index (κ1) is 19.5. The molecule has 158 valence electrons. The number of hydrogen-bond acceptors (Lipinski definition) is 5. The first-order valence-electron chi connectivity index (χ1n) is 10.6. The predicted molar refractivity (Wildman–Crippen MR) is 124 cm³/mol. The number of allylic oxidation sites excluding steroid dienone is 1. The molecule has 5 heteroatoms. The molecule has 5 nitrogen and oxygen atoms in total. The Morgan fingerprint density at radius 3 is 2.65 bits per heavy atom. The van der Waals surface area contributed by atoms with Gasteiger partial charge >= 0.3 is 0 Å². The van der Waals surface area contributed by atoms with Crippen LogP contribution in [0.4, 0.5) is 11.4 Å². The summed E-state index contributed by atoms with van der Waals surface area (Å²) < 4.78 is 5.77. The van der Waals surface area contributed by atoms with Gasteiger partial charge in [-0.15, -0.1) is 0 Å². The number of para-hydroxylation sites is 1. The molecule has 1 heterocycles. The second-order valence-electron chi connectivity index (χ2n) is 9.14. The van der Waals surface area contributed by atoms with Crippen molar-refractivity contribution in [2.45, 2.75) is 32.7 Å². The topological polar surface area (TPSA) is 70.6 Å². The number of methoxy groups -OCH3 is 1. The predicted octanol–water partition coefficient (Wildman–Crippen LogP) is 5.78. The van der Waals surface area contributed by atoms with Gasteiger partial charge in [-0.25, -0.2) is 0 Å². The summed E-state index contributed by atoms with van der Waals surface area (Å²) in [5.74, 6) is 0.987. The van der Waals surface area contributed by atoms with Crippen LogP contribution >= 0.6 is 0 Å². The van der Waals surface area contributed by atoms with Crippen LogP contribution < -0.4 is 15.4 Å². The summed E-state index contributed by atoms with van der Waals surface area (Å²) in [6.45, 7) is 4.21. The molecule has 3 aromatic rings. The SMILES string of the molecule is COc1ccc2ccccc2c1C1Nc2cccc(O)c2NC2=C1C(=O)CC(C)(C)C2. The summed E-state index contributed by atoms with van der Waals surface area (Å²) in [6.07, 6.45) is 1.19. The number of nitrogens with one attached hydrogen (secondary N) is 2. The lowest BCUT2D eigenvalue weighted by Crippen LogP contribution is -2.31. The molecule has 0 aromatic heterocycles. The Morgan fingerprint density at radius 1 is 1.03 bits per heavy atom. The van der Waals surface area contributed by atoms with Gasteiger partial charge in [-0.1, -0.05) is 50.2 Å². The summed E-state index contributed by atoms with van der Waals surface area (Å²) >= 11 is 0. The number of ether oxygens (including phenoxy) is 1. The zero-order chi connectivity index (χ0) is 21.8. The molecule has 0 fully saturated rings. The average molecular weight is 415 g/mol. The van der Waals surface area contributed by atoms with Crippen molar-refractivity contribution in [1.82, 2.24) is 0 Å². The van der Waals surface area contributed by atoms with Gasteiger partial charge < -0.3 is 20.5 Å². The number of carbonyl (C=O) groups excluding carboxylic acids is 1. The fourth-order valence-electron chi connectivity index (χ4n) is 4.92. The summed E-state index contributed by atoms with van der Waals surface area (Å²) in [4.78, 5) is 13.5. The summed E-state index contributed by atoms with van der Waals surface area (Å²) in [6, 6.07) is 17.1. The van der Waals surface area contributed by atoms with Gasteiger partial charge in [-0.3, -0.25) is 4.79 Å². The minimum atomic E-state index is -0.407. The molecule has 3 aromatic carbocycles. The zero-order valence-corrected chi connectivity index (χ0v) is 18.0. The summed E-state index contributed by atoms with van der Waals surface area (Å²) in [5.41, 5.74) is 3.69. The van der Waals surface area contributed by atoms with E-state index in [2.05, 4.69) is 36.6 Å². The zero-order valence-electron chi connectivity index (χ0n) is 18.0. The standard InChI is InChI=1S/C26H26N2O3/c1-26(2)13-18-23(20(30)14-26)25(27-17-9-6-10-19(29)24(17)28-18)22-16-8-5-4-7-15(16)11-12-21(22)31-3/h4-12,25,27-29H,13-14H2,1-3H3. The van der Waals surface area contributed by atoms with E-state index < -0.39 is 6.04 Å². The third kappa shape index (κ3) is 3.21. The van der Waals surface area contributed by atoms with Crippen molar-refractivity contribution < 1.29 is 14.6 Å². The fraction of sp³-hybridized carbons (Fsp3) is 0.269. The van der Waals surface area contributed by atoms with Gasteiger partial charge in [0.1, 0.15) is 17.2 Å². The molecule has 0 saturated carbocycles. The van der Waals surface area contributed by atoms with E-state index in [1.54, 1.807) is 19.2 Å². The van der Waals surface area contributed by atoms with Crippen molar-refractivity contribution in [3.8, 4) is 11.5 Å². The smallest absolute Gasteiger partial charge is 0.163 e. The molecule has 0 radical (unpaired) electrons. The van der Waals surface area contributed by atoms with E-state index in [4.69, 9.17) is 4.74 Å². The molecule has 0 saturated heterocycles. The number of carbonyl (C=O) groups is 1. The molecule has 3 N–H and O–H groups in total. The van der Waals surface area contributed by atoms with Crippen LogP contribution in [0.3, 0.4) is 0 Å². The lowest BCUT2D eigenvalue weighted by atomic mass is 9.73. The van der Waals surface area contributed by atoms with E-state index in [0.717, 1.165) is 33.5 Å². The number of aromatic hydroxyl groups is 1. The Labute approximate surface area is 181 Å². The van der Waals surface area contributed by atoms with Crippen molar-refractivity contribution >= 4 is 27.9 Å². The quantitative estimate of drug-likeness (QED) is 0.464. The maximum Gasteiger partial charge on any atom is 0.163 e. The Kier molecular flexibility index (Phi) is 4.43. The van der Waals surface area contributed by atoms with Gasteiger partial charge in [0, 0.05) is 23.3 Å². The van der Waals surface area contributed by atoms with Gasteiger partial charge in [0.05, 0.1) is 18.8 Å². The maximum absolute atomic E-state index is 13.5. The molecule has 2 aliphatic rings. The summed E-state index contributed by atoms with van der Waals surface area (Å²) in [5, 5.41) is 19.6. The Balaban J connectivity index is 1.82. The molecular formula is C26H26N2O3. The van der Waals surface area contributed by atoms with Crippen LogP contribution in [0.2, 0.25) is 0 Å². The molecule has 1 atom stereocenters. The molecule has 1 unspecified atom stereocenters. The van der Waals surface area contributed by atoms with Crippen LogP contribution in [0.15, 0.2) is 65.9 Å². The number of hydrogen-bond donors (Lipinski definition) is 3. The Bertz CT molecular complexity index is 1240. The van der Waals surface area contributed by atoms with Crippen molar-refractivity contribution in [3.05, 3.63) is 71.4 Å². The Morgan fingerprint density at radius 2 is 1.84 bits per heavy atom. The molecule has 31 heavy (non-hydrogen) atoms. The average Bonchev–Trinajstić information content (AvgIpc) is 2.89. The van der Waals surface area contributed by atoms with Crippen molar-refractivity contribution in [3.63, 3.8) is 0 Å². The number of anilines is 2.